The molecule has 1 N–H and O–H groups in total. The summed E-state index contributed by atoms with van der Waals surface area (Å²) in [6, 6.07) is 21.1. The van der Waals surface area contributed by atoms with Crippen LogP contribution in [-0.2, 0) is 15.3 Å². The maximum Gasteiger partial charge on any atom is 0.301 e. The number of anilines is 1. The second-order valence-corrected chi connectivity index (χ2v) is 10.9. The van der Waals surface area contributed by atoms with Crippen LogP contribution in [0.15, 0.2) is 93.2 Å². The number of ketones is 1. The molecule has 1 atom stereocenters. The number of thioether (sulfide) groups is 1. The number of rotatable bonds is 6. The molecule has 1 aromatic heterocycles. The fourth-order valence-electron chi connectivity index (χ4n) is 3.83. The average Bonchev–Trinajstić information content (AvgIpc) is 3.46. The van der Waals surface area contributed by atoms with E-state index >= 15 is 0 Å². The van der Waals surface area contributed by atoms with Gasteiger partial charge >= 0.3 is 5.91 Å². The topological polar surface area (TPSA) is 83.4 Å². The monoisotopic (exact) mass is 581 g/mol. The van der Waals surface area contributed by atoms with Gasteiger partial charge in [0, 0.05) is 15.8 Å². The summed E-state index contributed by atoms with van der Waals surface area (Å²) in [6.07, 6.45) is 0. The highest BCUT2D eigenvalue weighted by atomic mass is 79.9. The Kier molecular flexibility index (Phi) is 6.99. The molecule has 0 saturated carbocycles. The van der Waals surface area contributed by atoms with E-state index in [0.717, 1.165) is 10.0 Å². The summed E-state index contributed by atoms with van der Waals surface area (Å²) in [6.45, 7) is 0. The van der Waals surface area contributed by atoms with Gasteiger partial charge in [0.05, 0.1) is 11.6 Å². The Balaban J connectivity index is 1.52. The van der Waals surface area contributed by atoms with Gasteiger partial charge in [-0.05, 0) is 35.4 Å². The van der Waals surface area contributed by atoms with E-state index in [0.29, 0.717) is 21.2 Å². The molecule has 1 aliphatic rings. The minimum Gasteiger partial charge on any atom is -0.507 e. The van der Waals surface area contributed by atoms with Crippen molar-refractivity contribution in [3.8, 4) is 0 Å². The van der Waals surface area contributed by atoms with E-state index in [4.69, 9.17) is 0 Å². The van der Waals surface area contributed by atoms with Gasteiger partial charge in [0.1, 0.15) is 11.6 Å². The van der Waals surface area contributed by atoms with Crippen LogP contribution >= 0.6 is 39.0 Å². The third-order valence-electron chi connectivity index (χ3n) is 5.55. The van der Waals surface area contributed by atoms with Crippen molar-refractivity contribution in [2.24, 2.45) is 0 Å². The SMILES string of the molecule is O=C1C(=O)N(c2nnc(SCc3ccc(F)cc3)s2)C(c2ccc(Br)cc2)/C1=C(/O)c1ccccc1. The van der Waals surface area contributed by atoms with Gasteiger partial charge in [0.15, 0.2) is 4.34 Å². The lowest BCUT2D eigenvalue weighted by atomic mass is 9.95. The Morgan fingerprint density at radius 1 is 1.00 bits per heavy atom. The molecular weight excluding hydrogens is 565 g/mol. The Labute approximate surface area is 222 Å². The fraction of sp³-hybridized carbons (Fsp3) is 0.0769. The van der Waals surface area contributed by atoms with Crippen LogP contribution in [0, 0.1) is 5.82 Å². The van der Waals surface area contributed by atoms with Gasteiger partial charge in [-0.2, -0.15) is 0 Å². The molecule has 5 rings (SSSR count). The number of Topliss-reactive ketones (excluding diaryl/α,β-unsaturated/α-hetero) is 1. The molecule has 180 valence electrons. The van der Waals surface area contributed by atoms with Crippen molar-refractivity contribution in [2.45, 2.75) is 16.1 Å². The minimum atomic E-state index is -0.874. The normalized spacial score (nSPS) is 17.1. The van der Waals surface area contributed by atoms with Crippen molar-refractivity contribution in [3.05, 3.63) is 111 Å². The van der Waals surface area contributed by atoms with Gasteiger partial charge in [-0.3, -0.25) is 14.5 Å². The third-order valence-corrected chi connectivity index (χ3v) is 8.21. The Hall–Kier alpha value is -3.34. The average molecular weight is 582 g/mol. The van der Waals surface area contributed by atoms with Gasteiger partial charge in [0.25, 0.3) is 5.78 Å². The molecule has 2 heterocycles. The standard InChI is InChI=1S/C26H17BrFN3O3S2/c27-18-10-8-16(9-11-18)21-20(22(32)17-4-2-1-3-5-17)23(33)24(34)31(21)25-29-30-26(36-25)35-14-15-6-12-19(28)13-7-15/h1-13,21,32H,14H2/b22-20-. The van der Waals surface area contributed by atoms with Crippen LogP contribution in [0.3, 0.4) is 0 Å². The molecule has 0 spiro atoms. The molecule has 4 aromatic rings. The van der Waals surface area contributed by atoms with E-state index in [2.05, 4.69) is 26.1 Å². The van der Waals surface area contributed by atoms with Gasteiger partial charge < -0.3 is 5.11 Å². The predicted molar refractivity (Wildman–Crippen MR) is 141 cm³/mol. The summed E-state index contributed by atoms with van der Waals surface area (Å²) in [7, 11) is 0. The van der Waals surface area contributed by atoms with Crippen molar-refractivity contribution in [1.29, 1.82) is 0 Å². The highest BCUT2D eigenvalue weighted by Crippen LogP contribution is 2.44. The first-order chi connectivity index (χ1) is 17.4. The number of halogens is 2. The van der Waals surface area contributed by atoms with Crippen LogP contribution in [-0.4, -0.2) is 27.0 Å². The second-order valence-electron chi connectivity index (χ2n) is 7.85. The van der Waals surface area contributed by atoms with Crippen molar-refractivity contribution >= 4 is 61.6 Å². The molecule has 1 unspecified atom stereocenters. The van der Waals surface area contributed by atoms with Crippen molar-refractivity contribution < 1.29 is 19.1 Å². The van der Waals surface area contributed by atoms with Gasteiger partial charge in [-0.1, -0.05) is 93.6 Å². The number of hydrogen-bond donors (Lipinski definition) is 1. The van der Waals surface area contributed by atoms with Crippen molar-refractivity contribution in [2.75, 3.05) is 4.90 Å². The maximum absolute atomic E-state index is 13.2. The molecule has 10 heteroatoms. The smallest absolute Gasteiger partial charge is 0.301 e. The first kappa shape index (κ1) is 24.4. The molecule has 6 nitrogen and oxygen atoms in total. The highest BCUT2D eigenvalue weighted by Gasteiger charge is 2.48. The molecule has 36 heavy (non-hydrogen) atoms. The lowest BCUT2D eigenvalue weighted by Crippen LogP contribution is -2.29. The number of nitrogens with zero attached hydrogens (tertiary/aromatic N) is 3. The van der Waals surface area contributed by atoms with Crippen LogP contribution in [0.25, 0.3) is 5.76 Å². The zero-order valence-corrected chi connectivity index (χ0v) is 21.7. The first-order valence-electron chi connectivity index (χ1n) is 10.7. The summed E-state index contributed by atoms with van der Waals surface area (Å²) in [4.78, 5) is 27.7. The van der Waals surface area contributed by atoms with E-state index in [-0.39, 0.29) is 22.3 Å². The van der Waals surface area contributed by atoms with E-state index < -0.39 is 17.7 Å². The fourth-order valence-corrected chi connectivity index (χ4v) is 5.91. The number of aliphatic hydroxyl groups excluding tert-OH is 1. The lowest BCUT2D eigenvalue weighted by molar-refractivity contribution is -0.132. The molecule has 1 saturated heterocycles. The van der Waals surface area contributed by atoms with Crippen LogP contribution in [0.5, 0.6) is 0 Å². The van der Waals surface area contributed by atoms with Crippen molar-refractivity contribution in [3.63, 3.8) is 0 Å². The van der Waals surface area contributed by atoms with Gasteiger partial charge in [-0.15, -0.1) is 10.2 Å². The summed E-state index contributed by atoms with van der Waals surface area (Å²) in [5.41, 5.74) is 1.98. The number of benzene rings is 3. The summed E-state index contributed by atoms with van der Waals surface area (Å²) < 4.78 is 14.6. The molecule has 1 fully saturated rings. The van der Waals surface area contributed by atoms with E-state index in [1.165, 1.54) is 40.1 Å². The van der Waals surface area contributed by atoms with E-state index in [9.17, 15) is 19.1 Å². The van der Waals surface area contributed by atoms with Crippen molar-refractivity contribution in [1.82, 2.24) is 10.2 Å². The minimum absolute atomic E-state index is 0.00997. The number of carbonyl (C=O) groups is 2. The van der Waals surface area contributed by atoms with E-state index in [1.807, 2.05) is 12.1 Å². The number of carbonyl (C=O) groups excluding carboxylic acids is 2. The lowest BCUT2D eigenvalue weighted by Gasteiger charge is -2.22. The molecule has 1 aliphatic heterocycles. The summed E-state index contributed by atoms with van der Waals surface area (Å²) in [5.74, 6) is -1.59. The number of aliphatic hydroxyl groups is 1. The third kappa shape index (κ3) is 4.84. The Morgan fingerprint density at radius 3 is 2.39 bits per heavy atom. The molecule has 0 aliphatic carbocycles. The highest BCUT2D eigenvalue weighted by molar-refractivity contribution is 9.10. The van der Waals surface area contributed by atoms with Crippen LogP contribution in [0.4, 0.5) is 9.52 Å². The number of aromatic nitrogens is 2. The summed E-state index contributed by atoms with van der Waals surface area (Å²) >= 11 is 5.98. The zero-order valence-electron chi connectivity index (χ0n) is 18.5. The Morgan fingerprint density at radius 2 is 1.69 bits per heavy atom. The quantitative estimate of drug-likeness (QED) is 0.0937. The Bertz CT molecular complexity index is 1460. The van der Waals surface area contributed by atoms with Crippen LogP contribution < -0.4 is 4.90 Å². The van der Waals surface area contributed by atoms with E-state index in [1.54, 1.807) is 54.6 Å². The van der Waals surface area contributed by atoms with Gasteiger partial charge in [-0.25, -0.2) is 4.39 Å². The largest absolute Gasteiger partial charge is 0.507 e. The predicted octanol–water partition coefficient (Wildman–Crippen LogP) is 6.36. The second kappa shape index (κ2) is 10.3. The number of amides is 1. The first-order valence-corrected chi connectivity index (χ1v) is 13.3. The van der Waals surface area contributed by atoms with Gasteiger partial charge in [0.2, 0.25) is 5.13 Å². The molecule has 3 aromatic carbocycles. The molecule has 0 bridgehead atoms. The zero-order chi connectivity index (χ0) is 25.2. The molecular formula is C26H17BrFN3O3S2. The molecule has 1 amide bonds. The molecule has 0 radical (unpaired) electrons. The maximum atomic E-state index is 13.2. The summed E-state index contributed by atoms with van der Waals surface area (Å²) in [5, 5.41) is 19.7. The van der Waals surface area contributed by atoms with Crippen LogP contribution in [0.2, 0.25) is 0 Å². The number of hydrogen-bond acceptors (Lipinski definition) is 7. The van der Waals surface area contributed by atoms with Crippen LogP contribution in [0.1, 0.15) is 22.7 Å².